The number of carbonyl (C=O) groups excluding carboxylic acids is 2. The molecule has 2 unspecified atom stereocenters. The number of nitrogens with zero attached hydrogens (tertiary/aromatic N) is 5. The van der Waals surface area contributed by atoms with Crippen molar-refractivity contribution in [2.75, 3.05) is 31.1 Å². The number of thiol groups is 1. The van der Waals surface area contributed by atoms with Crippen molar-refractivity contribution in [2.24, 2.45) is 0 Å². The van der Waals surface area contributed by atoms with Gasteiger partial charge in [0.05, 0.1) is 11.4 Å². The van der Waals surface area contributed by atoms with Crippen LogP contribution in [-0.4, -0.2) is 63.8 Å². The average Bonchev–Trinajstić information content (AvgIpc) is 3.12. The summed E-state index contributed by atoms with van der Waals surface area (Å²) in [7, 11) is 0. The van der Waals surface area contributed by atoms with Crippen LogP contribution in [0.25, 0.3) is 0 Å². The van der Waals surface area contributed by atoms with Crippen LogP contribution in [0, 0.1) is 0 Å². The second-order valence-corrected chi connectivity index (χ2v) is 9.84. The van der Waals surface area contributed by atoms with Crippen molar-refractivity contribution in [3.63, 3.8) is 0 Å². The topological polar surface area (TPSA) is 81.7 Å². The summed E-state index contributed by atoms with van der Waals surface area (Å²) < 4.78 is 0. The largest absolute Gasteiger partial charge is 0.353 e. The fourth-order valence-corrected chi connectivity index (χ4v) is 5.63. The molecule has 2 saturated heterocycles. The van der Waals surface area contributed by atoms with Gasteiger partial charge in [0.25, 0.3) is 0 Å². The Kier molecular flexibility index (Phi) is 6.50. The molecule has 0 bridgehead atoms. The molecule has 1 N–H and O–H groups in total. The predicted molar refractivity (Wildman–Crippen MR) is 129 cm³/mol. The molecule has 4 heterocycles. The van der Waals surface area contributed by atoms with Gasteiger partial charge in [0.15, 0.2) is 11.0 Å². The van der Waals surface area contributed by atoms with Gasteiger partial charge in [-0.25, -0.2) is 9.97 Å². The Morgan fingerprint density at radius 3 is 2.67 bits per heavy atom. The van der Waals surface area contributed by atoms with Gasteiger partial charge >= 0.3 is 0 Å². The predicted octanol–water partition coefficient (Wildman–Crippen LogP) is 2.65. The average molecular weight is 507 g/mol. The molecular weight excluding hydrogens is 483 g/mol. The minimum absolute atomic E-state index is 0.162. The summed E-state index contributed by atoms with van der Waals surface area (Å²) in [5.74, 6) is 0.262. The molecule has 11 heteroatoms. The van der Waals surface area contributed by atoms with E-state index in [2.05, 4.69) is 48.2 Å². The number of carbonyl (C=O) groups is 2. The van der Waals surface area contributed by atoms with Crippen LogP contribution in [-0.2, 0) is 22.7 Å². The zero-order valence-electron chi connectivity index (χ0n) is 17.9. The first kappa shape index (κ1) is 22.9. The van der Waals surface area contributed by atoms with Crippen LogP contribution in [0.5, 0.6) is 0 Å². The highest BCUT2D eigenvalue weighted by molar-refractivity contribution is 7.80. The molecule has 3 aliphatic heterocycles. The lowest BCUT2D eigenvalue weighted by atomic mass is 10.0. The number of benzene rings is 1. The lowest BCUT2D eigenvalue weighted by Gasteiger charge is -2.35. The Morgan fingerprint density at radius 2 is 1.91 bits per heavy atom. The highest BCUT2D eigenvalue weighted by Crippen LogP contribution is 2.39. The number of imide groups is 1. The second-order valence-electron chi connectivity index (χ2n) is 8.61. The molecule has 5 rings (SSSR count). The minimum atomic E-state index is -0.323. The quantitative estimate of drug-likeness (QED) is 0.374. The van der Waals surface area contributed by atoms with E-state index in [0.717, 1.165) is 38.3 Å². The molecule has 2 atom stereocenters. The van der Waals surface area contributed by atoms with Crippen molar-refractivity contribution in [1.82, 2.24) is 25.1 Å². The molecular formula is C22H24Cl2N6O2S. The maximum absolute atomic E-state index is 12.3. The van der Waals surface area contributed by atoms with E-state index in [1.165, 1.54) is 17.5 Å². The summed E-state index contributed by atoms with van der Waals surface area (Å²) >= 11 is 17.1. The first-order valence-corrected chi connectivity index (χ1v) is 12.2. The highest BCUT2D eigenvalue weighted by Gasteiger charge is 2.39. The van der Waals surface area contributed by atoms with Gasteiger partial charge in [-0.15, -0.1) is 0 Å². The van der Waals surface area contributed by atoms with Gasteiger partial charge in [0, 0.05) is 45.7 Å². The highest BCUT2D eigenvalue weighted by atomic mass is 35.5. The Labute approximate surface area is 207 Å². The van der Waals surface area contributed by atoms with Crippen molar-refractivity contribution in [3.8, 4) is 0 Å². The number of amides is 2. The van der Waals surface area contributed by atoms with E-state index in [1.807, 2.05) is 0 Å². The van der Waals surface area contributed by atoms with Gasteiger partial charge in [-0.05, 0) is 23.1 Å². The van der Waals surface area contributed by atoms with Crippen molar-refractivity contribution in [3.05, 3.63) is 51.4 Å². The van der Waals surface area contributed by atoms with Crippen LogP contribution in [0.4, 0.5) is 5.82 Å². The SMILES string of the molecule is O=C1CCC(N2Cc3ccc(CN4CCN(c5ncnc(Cl)c5Cl)CC4)cc3C2S)C(=O)N1. The fraction of sp³-hybridized carbons (Fsp3) is 0.455. The molecule has 0 aliphatic carbocycles. The maximum atomic E-state index is 12.3. The Hall–Kier alpha value is -1.91. The molecule has 2 amide bonds. The van der Waals surface area contributed by atoms with Crippen molar-refractivity contribution in [2.45, 2.75) is 37.3 Å². The standard InChI is InChI=1S/C22H24Cl2N6O2S/c23-18-19(24)25-12-26-20(18)29-7-5-28(6-8-29)10-13-1-2-14-11-30(22(33)15(14)9-13)16-3-4-17(31)27-21(16)32/h1-2,9,12,16,22,33H,3-8,10-11H2,(H,27,31,32). The molecule has 1 aromatic heterocycles. The number of hydrogen-bond donors (Lipinski definition) is 2. The van der Waals surface area contributed by atoms with Gasteiger partial charge in [0.2, 0.25) is 11.8 Å². The molecule has 1 aromatic carbocycles. The molecule has 0 radical (unpaired) electrons. The normalized spacial score (nSPS) is 24.2. The van der Waals surface area contributed by atoms with Gasteiger partial charge < -0.3 is 4.90 Å². The minimum Gasteiger partial charge on any atom is -0.353 e. The van der Waals surface area contributed by atoms with Crippen LogP contribution in [0.2, 0.25) is 10.2 Å². The van der Waals surface area contributed by atoms with Crippen LogP contribution in [0.15, 0.2) is 24.5 Å². The lowest BCUT2D eigenvalue weighted by molar-refractivity contribution is -0.137. The fourth-order valence-electron chi connectivity index (χ4n) is 4.80. The number of hydrogen-bond acceptors (Lipinski definition) is 8. The van der Waals surface area contributed by atoms with Gasteiger partial charge in [-0.3, -0.25) is 24.7 Å². The van der Waals surface area contributed by atoms with E-state index in [9.17, 15) is 9.59 Å². The van der Waals surface area contributed by atoms with Crippen LogP contribution in [0.3, 0.4) is 0 Å². The van der Waals surface area contributed by atoms with E-state index in [4.69, 9.17) is 35.8 Å². The Bertz CT molecular complexity index is 1090. The van der Waals surface area contributed by atoms with E-state index >= 15 is 0 Å². The number of anilines is 1. The van der Waals surface area contributed by atoms with Crippen LogP contribution < -0.4 is 10.2 Å². The molecule has 174 valence electrons. The van der Waals surface area contributed by atoms with Crippen LogP contribution in [0.1, 0.15) is 34.9 Å². The number of piperidine rings is 1. The first-order chi connectivity index (χ1) is 15.9. The third-order valence-electron chi connectivity index (χ3n) is 6.57. The summed E-state index contributed by atoms with van der Waals surface area (Å²) in [5, 5.41) is 2.96. The monoisotopic (exact) mass is 506 g/mol. The Balaban J connectivity index is 1.22. The van der Waals surface area contributed by atoms with E-state index < -0.39 is 0 Å². The first-order valence-electron chi connectivity index (χ1n) is 10.9. The Morgan fingerprint density at radius 1 is 1.12 bits per heavy atom. The smallest absolute Gasteiger partial charge is 0.243 e. The second kappa shape index (κ2) is 9.38. The molecule has 8 nitrogen and oxygen atoms in total. The summed E-state index contributed by atoms with van der Waals surface area (Å²) in [6.45, 7) is 4.85. The van der Waals surface area contributed by atoms with Crippen molar-refractivity contribution in [1.29, 1.82) is 0 Å². The molecule has 0 saturated carbocycles. The number of rotatable bonds is 4. The summed E-state index contributed by atoms with van der Waals surface area (Å²) in [6.07, 6.45) is 2.34. The van der Waals surface area contributed by atoms with E-state index in [0.29, 0.717) is 30.2 Å². The van der Waals surface area contributed by atoms with Crippen molar-refractivity contribution >= 4 is 53.5 Å². The number of halogens is 2. The summed E-state index contributed by atoms with van der Waals surface area (Å²) in [5.41, 5.74) is 3.54. The maximum Gasteiger partial charge on any atom is 0.243 e. The van der Waals surface area contributed by atoms with E-state index in [1.54, 1.807) is 0 Å². The van der Waals surface area contributed by atoms with E-state index in [-0.39, 0.29) is 28.4 Å². The lowest BCUT2D eigenvalue weighted by Crippen LogP contribution is -2.51. The third-order valence-corrected chi connectivity index (χ3v) is 7.88. The zero-order valence-corrected chi connectivity index (χ0v) is 20.3. The number of nitrogens with one attached hydrogen (secondary N) is 1. The number of aromatic nitrogens is 2. The molecule has 0 spiro atoms. The molecule has 33 heavy (non-hydrogen) atoms. The van der Waals surface area contributed by atoms with Gasteiger partial charge in [-0.1, -0.05) is 41.4 Å². The molecule has 3 aliphatic rings. The number of fused-ring (bicyclic) bond motifs is 1. The zero-order chi connectivity index (χ0) is 23.1. The third kappa shape index (κ3) is 4.57. The van der Waals surface area contributed by atoms with Crippen LogP contribution >= 0.6 is 35.8 Å². The molecule has 2 aromatic rings. The summed E-state index contributed by atoms with van der Waals surface area (Å²) in [6, 6.07) is 6.17. The van der Waals surface area contributed by atoms with Crippen molar-refractivity contribution < 1.29 is 9.59 Å². The number of piperazine rings is 1. The van der Waals surface area contributed by atoms with Gasteiger partial charge in [0.1, 0.15) is 11.3 Å². The molecule has 2 fully saturated rings. The van der Waals surface area contributed by atoms with Gasteiger partial charge in [-0.2, -0.15) is 12.6 Å². The summed E-state index contributed by atoms with van der Waals surface area (Å²) in [4.78, 5) is 38.7.